The fourth-order valence-corrected chi connectivity index (χ4v) is 1.93. The van der Waals surface area contributed by atoms with E-state index in [1.54, 1.807) is 12.1 Å². The topological polar surface area (TPSA) is 56.8 Å². The van der Waals surface area contributed by atoms with Crippen molar-refractivity contribution in [3.8, 4) is 5.75 Å². The van der Waals surface area contributed by atoms with Crippen LogP contribution in [0.15, 0.2) is 24.3 Å². The number of carbonyl (C=O) groups excluding carboxylic acids is 1. The molecule has 0 aromatic heterocycles. The molecule has 1 heterocycles. The summed E-state index contributed by atoms with van der Waals surface area (Å²) in [5.74, 6) is 0.490. The molecule has 1 aromatic rings. The Hall–Kier alpha value is -1.96. The molecule has 1 N–H and O–H groups in total. The van der Waals surface area contributed by atoms with Gasteiger partial charge >= 0.3 is 12.3 Å². The molecule has 1 fully saturated rings. The van der Waals surface area contributed by atoms with Gasteiger partial charge < -0.3 is 14.2 Å². The summed E-state index contributed by atoms with van der Waals surface area (Å²) in [7, 11) is 0. The van der Waals surface area contributed by atoms with Crippen molar-refractivity contribution in [2.45, 2.75) is 25.1 Å². The van der Waals surface area contributed by atoms with Crippen molar-refractivity contribution in [1.82, 2.24) is 0 Å². The molecule has 0 radical (unpaired) electrons. The number of hydrogen-bond donors (Lipinski definition) is 1. The van der Waals surface area contributed by atoms with Gasteiger partial charge in [0.05, 0.1) is 6.10 Å². The van der Waals surface area contributed by atoms with Gasteiger partial charge in [-0.1, -0.05) is 6.07 Å². The third kappa shape index (κ3) is 5.80. The summed E-state index contributed by atoms with van der Waals surface area (Å²) >= 11 is 0. The summed E-state index contributed by atoms with van der Waals surface area (Å²) in [6.45, 7) is -0.517. The van der Waals surface area contributed by atoms with Gasteiger partial charge in [0, 0.05) is 18.4 Å². The van der Waals surface area contributed by atoms with Crippen LogP contribution in [0.5, 0.6) is 5.75 Å². The van der Waals surface area contributed by atoms with Crippen molar-refractivity contribution in [3.63, 3.8) is 0 Å². The van der Waals surface area contributed by atoms with Crippen molar-refractivity contribution in [2.75, 3.05) is 25.1 Å². The minimum absolute atomic E-state index is 0.0494. The van der Waals surface area contributed by atoms with Crippen molar-refractivity contribution < 1.29 is 32.2 Å². The second kappa shape index (κ2) is 7.35. The molecule has 8 heteroatoms. The van der Waals surface area contributed by atoms with Gasteiger partial charge in [-0.15, -0.1) is 0 Å². The van der Waals surface area contributed by atoms with Gasteiger partial charge in [-0.05, 0) is 25.0 Å². The number of carbonyl (C=O) groups is 1. The molecule has 0 saturated carbocycles. The molecular formula is C14H16F3NO4. The molecule has 5 nitrogen and oxygen atoms in total. The molecule has 1 amide bonds. The molecule has 0 aliphatic carbocycles. The van der Waals surface area contributed by atoms with Gasteiger partial charge in [0.1, 0.15) is 12.4 Å². The first-order valence-electron chi connectivity index (χ1n) is 6.77. The number of rotatable bonds is 5. The van der Waals surface area contributed by atoms with E-state index in [0.717, 1.165) is 19.4 Å². The maximum atomic E-state index is 11.9. The summed E-state index contributed by atoms with van der Waals surface area (Å²) < 4.78 is 50.8. The first-order valence-corrected chi connectivity index (χ1v) is 6.77. The van der Waals surface area contributed by atoms with Crippen LogP contribution < -0.4 is 10.1 Å². The summed E-state index contributed by atoms with van der Waals surface area (Å²) in [6.07, 6.45) is -3.74. The molecule has 1 aliphatic heterocycles. The van der Waals surface area contributed by atoms with Crippen LogP contribution in [0, 0.1) is 0 Å². The standard InChI is InChI=1S/C14H16F3NO4/c15-14(16,17)9-22-13(19)18-10-3-1-4-11(7-10)21-8-12-5-2-6-20-12/h1,3-4,7,12H,2,5-6,8-9H2,(H,18,19). The van der Waals surface area contributed by atoms with Crippen LogP contribution in [0.1, 0.15) is 12.8 Å². The molecule has 22 heavy (non-hydrogen) atoms. The molecule has 1 aliphatic rings. The Labute approximate surface area is 125 Å². The van der Waals surface area contributed by atoms with Gasteiger partial charge in [-0.3, -0.25) is 5.32 Å². The van der Waals surface area contributed by atoms with E-state index in [4.69, 9.17) is 9.47 Å². The lowest BCUT2D eigenvalue weighted by Gasteiger charge is -2.13. The number of nitrogens with one attached hydrogen (secondary N) is 1. The highest BCUT2D eigenvalue weighted by atomic mass is 19.4. The molecule has 2 rings (SSSR count). The van der Waals surface area contributed by atoms with E-state index in [1.807, 2.05) is 0 Å². The zero-order valence-corrected chi connectivity index (χ0v) is 11.7. The monoisotopic (exact) mass is 319 g/mol. The van der Waals surface area contributed by atoms with Crippen LogP contribution in [0.25, 0.3) is 0 Å². The molecule has 0 spiro atoms. The summed E-state index contributed by atoms with van der Waals surface area (Å²) in [5.41, 5.74) is 0.289. The van der Waals surface area contributed by atoms with Crippen LogP contribution in [0.2, 0.25) is 0 Å². The molecular weight excluding hydrogens is 303 g/mol. The molecule has 1 saturated heterocycles. The number of hydrogen-bond acceptors (Lipinski definition) is 4. The Kier molecular flexibility index (Phi) is 5.48. The van der Waals surface area contributed by atoms with Crippen LogP contribution in [-0.4, -0.2) is 38.2 Å². The predicted molar refractivity (Wildman–Crippen MR) is 71.9 cm³/mol. The van der Waals surface area contributed by atoms with Crippen LogP contribution >= 0.6 is 0 Å². The van der Waals surface area contributed by atoms with Gasteiger partial charge in [-0.2, -0.15) is 13.2 Å². The lowest BCUT2D eigenvalue weighted by atomic mass is 10.2. The number of ether oxygens (including phenoxy) is 3. The van der Waals surface area contributed by atoms with Crippen molar-refractivity contribution in [2.24, 2.45) is 0 Å². The average molecular weight is 319 g/mol. The highest BCUT2D eigenvalue weighted by Crippen LogP contribution is 2.20. The number of benzene rings is 1. The van der Waals surface area contributed by atoms with E-state index < -0.39 is 18.9 Å². The van der Waals surface area contributed by atoms with E-state index in [-0.39, 0.29) is 11.8 Å². The SMILES string of the molecule is O=C(Nc1cccc(OCC2CCCO2)c1)OCC(F)(F)F. The number of anilines is 1. The molecule has 1 atom stereocenters. The lowest BCUT2D eigenvalue weighted by Crippen LogP contribution is -2.23. The predicted octanol–water partition coefficient (Wildman–Crippen LogP) is 3.36. The van der Waals surface area contributed by atoms with Crippen LogP contribution in [0.3, 0.4) is 0 Å². The zero-order valence-electron chi connectivity index (χ0n) is 11.7. The quantitative estimate of drug-likeness (QED) is 0.904. The summed E-state index contributed by atoms with van der Waals surface area (Å²) in [5, 5.41) is 2.21. The Balaban J connectivity index is 1.81. The second-order valence-corrected chi connectivity index (χ2v) is 4.79. The maximum absolute atomic E-state index is 11.9. The molecule has 1 aromatic carbocycles. The van der Waals surface area contributed by atoms with E-state index in [0.29, 0.717) is 12.4 Å². The smallest absolute Gasteiger partial charge is 0.422 e. The van der Waals surface area contributed by atoms with Crippen molar-refractivity contribution in [3.05, 3.63) is 24.3 Å². The van der Waals surface area contributed by atoms with Gasteiger partial charge in [0.2, 0.25) is 0 Å². The van der Waals surface area contributed by atoms with Crippen LogP contribution in [0.4, 0.5) is 23.7 Å². The highest BCUT2D eigenvalue weighted by molar-refractivity contribution is 5.84. The number of alkyl halides is 3. The molecule has 0 bridgehead atoms. The summed E-state index contributed by atoms with van der Waals surface area (Å²) in [6, 6.07) is 6.32. The van der Waals surface area contributed by atoms with Crippen molar-refractivity contribution >= 4 is 11.8 Å². The maximum Gasteiger partial charge on any atom is 0.422 e. The van der Waals surface area contributed by atoms with E-state index >= 15 is 0 Å². The van der Waals surface area contributed by atoms with Crippen LogP contribution in [-0.2, 0) is 9.47 Å². The largest absolute Gasteiger partial charge is 0.491 e. The Morgan fingerprint density at radius 3 is 2.91 bits per heavy atom. The fraction of sp³-hybridized carbons (Fsp3) is 0.500. The van der Waals surface area contributed by atoms with Gasteiger partial charge in [0.25, 0.3) is 0 Å². The minimum Gasteiger partial charge on any atom is -0.491 e. The Morgan fingerprint density at radius 2 is 2.23 bits per heavy atom. The molecule has 122 valence electrons. The Bertz CT molecular complexity index is 501. The lowest BCUT2D eigenvalue weighted by molar-refractivity contribution is -0.159. The van der Waals surface area contributed by atoms with Crippen molar-refractivity contribution in [1.29, 1.82) is 0 Å². The molecule has 1 unspecified atom stereocenters. The first-order chi connectivity index (χ1) is 10.4. The Morgan fingerprint density at radius 1 is 1.41 bits per heavy atom. The average Bonchev–Trinajstić information content (AvgIpc) is 2.96. The second-order valence-electron chi connectivity index (χ2n) is 4.79. The summed E-state index contributed by atoms with van der Waals surface area (Å²) in [4.78, 5) is 11.2. The highest BCUT2D eigenvalue weighted by Gasteiger charge is 2.29. The van der Waals surface area contributed by atoms with E-state index in [1.165, 1.54) is 12.1 Å². The minimum atomic E-state index is -4.55. The zero-order chi connectivity index (χ0) is 16.0. The third-order valence-corrected chi connectivity index (χ3v) is 2.91. The van der Waals surface area contributed by atoms with Gasteiger partial charge in [0.15, 0.2) is 6.61 Å². The number of amides is 1. The third-order valence-electron chi connectivity index (χ3n) is 2.91. The normalized spacial score (nSPS) is 18.0. The van der Waals surface area contributed by atoms with E-state index in [2.05, 4.69) is 10.1 Å². The first kappa shape index (κ1) is 16.4. The number of halogens is 3. The van der Waals surface area contributed by atoms with E-state index in [9.17, 15) is 18.0 Å². The van der Waals surface area contributed by atoms with Gasteiger partial charge in [-0.25, -0.2) is 4.79 Å². The fourth-order valence-electron chi connectivity index (χ4n) is 1.93.